The number of carbonyl (C=O) groups is 1. The third-order valence-corrected chi connectivity index (χ3v) is 3.89. The van der Waals surface area contributed by atoms with Crippen molar-refractivity contribution in [1.29, 1.82) is 0 Å². The highest BCUT2D eigenvalue weighted by Gasteiger charge is 2.10. The van der Waals surface area contributed by atoms with Gasteiger partial charge in [-0.1, -0.05) is 13.8 Å². The number of nitrogens with zero attached hydrogens (tertiary/aromatic N) is 1. The molecule has 1 amide bonds. The Morgan fingerprint density at radius 3 is 2.63 bits per heavy atom. The normalized spacial score (nSPS) is 15.5. The number of thiophene rings is 1. The molecule has 5 heteroatoms. The molecule has 0 saturated carbocycles. The molecule has 1 aliphatic rings. The monoisotopic (exact) mass is 283 g/mol. The highest BCUT2D eigenvalue weighted by atomic mass is 32.1. The van der Waals surface area contributed by atoms with E-state index < -0.39 is 0 Å². The minimum Gasteiger partial charge on any atom is -0.350 e. The largest absolute Gasteiger partial charge is 0.350 e. The van der Waals surface area contributed by atoms with Crippen LogP contribution in [0.3, 0.4) is 0 Å². The lowest BCUT2D eigenvalue weighted by Crippen LogP contribution is -2.46. The molecule has 1 aliphatic heterocycles. The number of amides is 1. The highest BCUT2D eigenvalue weighted by Crippen LogP contribution is 2.14. The van der Waals surface area contributed by atoms with Crippen molar-refractivity contribution in [1.82, 2.24) is 15.5 Å². The number of aryl methyl sites for hydroxylation is 1. The molecule has 108 valence electrons. The van der Waals surface area contributed by atoms with E-state index in [-0.39, 0.29) is 5.91 Å². The summed E-state index contributed by atoms with van der Waals surface area (Å²) in [5, 5.41) is 6.28. The molecule has 0 radical (unpaired) electrons. The Morgan fingerprint density at radius 2 is 2.05 bits per heavy atom. The van der Waals surface area contributed by atoms with Gasteiger partial charge in [0.05, 0.1) is 4.88 Å². The lowest BCUT2D eigenvalue weighted by atomic mass is 10.3. The molecule has 1 saturated heterocycles. The molecule has 1 fully saturated rings. The number of hydrogen-bond acceptors (Lipinski definition) is 4. The fourth-order valence-corrected chi connectivity index (χ4v) is 2.69. The van der Waals surface area contributed by atoms with Crippen molar-refractivity contribution in [2.45, 2.75) is 20.8 Å². The SMILES string of the molecule is CC.Cc1ccc(C(=O)NCCN2CCNCC2)s1. The summed E-state index contributed by atoms with van der Waals surface area (Å²) in [6.45, 7) is 12.0. The second-order valence-corrected chi connectivity index (χ2v) is 5.55. The number of nitrogens with one attached hydrogen (secondary N) is 2. The average Bonchev–Trinajstić information content (AvgIpc) is 2.89. The molecule has 19 heavy (non-hydrogen) atoms. The van der Waals surface area contributed by atoms with Crippen molar-refractivity contribution >= 4 is 17.2 Å². The molecule has 2 N–H and O–H groups in total. The molecular formula is C14H25N3OS. The topological polar surface area (TPSA) is 44.4 Å². The van der Waals surface area contributed by atoms with E-state index >= 15 is 0 Å². The van der Waals surface area contributed by atoms with Crippen LogP contribution in [0.15, 0.2) is 12.1 Å². The summed E-state index contributed by atoms with van der Waals surface area (Å²) in [4.78, 5) is 16.1. The Labute approximate surface area is 120 Å². The molecule has 2 heterocycles. The van der Waals surface area contributed by atoms with Crippen molar-refractivity contribution in [2.24, 2.45) is 0 Å². The Morgan fingerprint density at radius 1 is 1.37 bits per heavy atom. The number of piperazine rings is 1. The predicted molar refractivity (Wildman–Crippen MR) is 82.0 cm³/mol. The van der Waals surface area contributed by atoms with Crippen LogP contribution in [-0.4, -0.2) is 50.1 Å². The van der Waals surface area contributed by atoms with Crippen molar-refractivity contribution in [2.75, 3.05) is 39.3 Å². The Balaban J connectivity index is 0.000000861. The summed E-state index contributed by atoms with van der Waals surface area (Å²) in [6, 6.07) is 3.87. The minimum absolute atomic E-state index is 0.0539. The highest BCUT2D eigenvalue weighted by molar-refractivity contribution is 7.13. The van der Waals surface area contributed by atoms with E-state index in [0.29, 0.717) is 0 Å². The van der Waals surface area contributed by atoms with Gasteiger partial charge in [-0.15, -0.1) is 11.3 Å². The maximum absolute atomic E-state index is 11.8. The fourth-order valence-electron chi connectivity index (χ4n) is 1.91. The summed E-state index contributed by atoms with van der Waals surface area (Å²) >= 11 is 1.55. The lowest BCUT2D eigenvalue weighted by molar-refractivity contribution is 0.0951. The van der Waals surface area contributed by atoms with E-state index in [2.05, 4.69) is 15.5 Å². The summed E-state index contributed by atoms with van der Waals surface area (Å²) in [5.74, 6) is 0.0539. The van der Waals surface area contributed by atoms with Crippen LogP contribution in [0.5, 0.6) is 0 Å². The molecule has 0 aliphatic carbocycles. The smallest absolute Gasteiger partial charge is 0.261 e. The van der Waals surface area contributed by atoms with E-state index in [1.807, 2.05) is 32.9 Å². The molecule has 0 aromatic carbocycles. The zero-order chi connectivity index (χ0) is 14.1. The number of carbonyl (C=O) groups excluding carboxylic acids is 1. The number of rotatable bonds is 4. The van der Waals surface area contributed by atoms with Gasteiger partial charge in [-0.2, -0.15) is 0 Å². The maximum Gasteiger partial charge on any atom is 0.261 e. The summed E-state index contributed by atoms with van der Waals surface area (Å²) in [6.07, 6.45) is 0. The van der Waals surface area contributed by atoms with Crippen LogP contribution in [0, 0.1) is 6.92 Å². The molecular weight excluding hydrogens is 258 g/mol. The van der Waals surface area contributed by atoms with Gasteiger partial charge in [-0.25, -0.2) is 0 Å². The second-order valence-electron chi connectivity index (χ2n) is 4.26. The van der Waals surface area contributed by atoms with Crippen LogP contribution in [-0.2, 0) is 0 Å². The van der Waals surface area contributed by atoms with Crippen LogP contribution < -0.4 is 10.6 Å². The van der Waals surface area contributed by atoms with E-state index in [1.54, 1.807) is 11.3 Å². The van der Waals surface area contributed by atoms with E-state index in [9.17, 15) is 4.79 Å². The first-order valence-corrected chi connectivity index (χ1v) is 7.85. The molecule has 0 spiro atoms. The van der Waals surface area contributed by atoms with Gasteiger partial charge in [0.2, 0.25) is 0 Å². The van der Waals surface area contributed by atoms with Crippen LogP contribution in [0.25, 0.3) is 0 Å². The van der Waals surface area contributed by atoms with Gasteiger partial charge in [0, 0.05) is 44.1 Å². The minimum atomic E-state index is 0.0539. The summed E-state index contributed by atoms with van der Waals surface area (Å²) in [7, 11) is 0. The molecule has 0 unspecified atom stereocenters. The maximum atomic E-state index is 11.8. The van der Waals surface area contributed by atoms with Gasteiger partial charge in [0.25, 0.3) is 5.91 Å². The second kappa shape index (κ2) is 9.07. The van der Waals surface area contributed by atoms with Crippen LogP contribution in [0.1, 0.15) is 28.4 Å². The first kappa shape index (κ1) is 16.1. The van der Waals surface area contributed by atoms with Gasteiger partial charge in [0.15, 0.2) is 0 Å². The van der Waals surface area contributed by atoms with Crippen LogP contribution in [0.2, 0.25) is 0 Å². The van der Waals surface area contributed by atoms with Gasteiger partial charge in [0.1, 0.15) is 0 Å². The Hall–Kier alpha value is -0.910. The van der Waals surface area contributed by atoms with E-state index in [1.165, 1.54) is 4.88 Å². The van der Waals surface area contributed by atoms with Gasteiger partial charge in [-0.05, 0) is 19.1 Å². The quantitative estimate of drug-likeness (QED) is 0.884. The van der Waals surface area contributed by atoms with Crippen molar-refractivity contribution in [3.8, 4) is 0 Å². The first-order chi connectivity index (χ1) is 9.25. The average molecular weight is 283 g/mol. The molecule has 4 nitrogen and oxygen atoms in total. The third-order valence-electron chi connectivity index (χ3n) is 2.89. The van der Waals surface area contributed by atoms with Crippen molar-refractivity contribution in [3.05, 3.63) is 21.9 Å². The standard InChI is InChI=1S/C12H19N3OS.C2H6/c1-10-2-3-11(17-10)12(16)14-6-9-15-7-4-13-5-8-15;1-2/h2-3,13H,4-9H2,1H3,(H,14,16);1-2H3. The first-order valence-electron chi connectivity index (χ1n) is 7.03. The zero-order valence-electron chi connectivity index (χ0n) is 12.2. The predicted octanol–water partition coefficient (Wildman–Crippen LogP) is 1.72. The summed E-state index contributed by atoms with van der Waals surface area (Å²) in [5.41, 5.74) is 0. The molecule has 1 aromatic rings. The molecule has 0 bridgehead atoms. The Bertz CT molecular complexity index is 373. The van der Waals surface area contributed by atoms with Gasteiger partial charge < -0.3 is 10.6 Å². The van der Waals surface area contributed by atoms with Crippen LogP contribution >= 0.6 is 11.3 Å². The van der Waals surface area contributed by atoms with Crippen LogP contribution in [0.4, 0.5) is 0 Å². The van der Waals surface area contributed by atoms with E-state index in [0.717, 1.165) is 44.1 Å². The number of hydrogen-bond donors (Lipinski definition) is 2. The lowest BCUT2D eigenvalue weighted by Gasteiger charge is -2.26. The molecule has 2 rings (SSSR count). The van der Waals surface area contributed by atoms with Gasteiger partial charge >= 0.3 is 0 Å². The van der Waals surface area contributed by atoms with Gasteiger partial charge in [-0.3, -0.25) is 9.69 Å². The third kappa shape index (κ3) is 5.72. The zero-order valence-corrected chi connectivity index (χ0v) is 13.0. The van der Waals surface area contributed by atoms with Crippen molar-refractivity contribution in [3.63, 3.8) is 0 Å². The van der Waals surface area contributed by atoms with E-state index in [4.69, 9.17) is 0 Å². The fraction of sp³-hybridized carbons (Fsp3) is 0.643. The molecule has 1 aromatic heterocycles. The summed E-state index contributed by atoms with van der Waals surface area (Å²) < 4.78 is 0. The molecule has 0 atom stereocenters. The van der Waals surface area contributed by atoms with Crippen molar-refractivity contribution < 1.29 is 4.79 Å². The Kier molecular flexibility index (Phi) is 7.70.